The van der Waals surface area contributed by atoms with E-state index in [1.807, 2.05) is 24.3 Å². The number of hydrazone groups is 1. The highest BCUT2D eigenvalue weighted by Crippen LogP contribution is 2.27. The van der Waals surface area contributed by atoms with Crippen molar-refractivity contribution in [3.8, 4) is 0 Å². The smallest absolute Gasteiger partial charge is 0.261 e. The number of hydrogen-bond acceptors (Lipinski definition) is 5. The molecule has 23 heavy (non-hydrogen) atoms. The van der Waals surface area contributed by atoms with E-state index in [-0.39, 0.29) is 11.8 Å². The maximum absolute atomic E-state index is 12.0. The van der Waals surface area contributed by atoms with E-state index in [0.717, 1.165) is 24.0 Å². The molecule has 0 aromatic heterocycles. The Morgan fingerprint density at radius 2 is 2.04 bits per heavy atom. The summed E-state index contributed by atoms with van der Waals surface area (Å²) in [6.07, 6.45) is 5.86. The number of benzene rings is 1. The molecule has 1 aliphatic carbocycles. The van der Waals surface area contributed by atoms with Gasteiger partial charge in [0.1, 0.15) is 6.34 Å². The molecule has 1 aromatic carbocycles. The molecule has 4 N–H and O–H groups in total. The minimum atomic E-state index is -3.67. The first-order valence-corrected chi connectivity index (χ1v) is 8.81. The third-order valence-corrected chi connectivity index (χ3v) is 3.28. The molecule has 2 rings (SSSR count). The first-order valence-electron chi connectivity index (χ1n) is 6.97. The van der Waals surface area contributed by atoms with Gasteiger partial charge >= 0.3 is 0 Å². The summed E-state index contributed by atoms with van der Waals surface area (Å²) >= 11 is 0. The summed E-state index contributed by atoms with van der Waals surface area (Å²) in [7, 11) is -3.67. The monoisotopic (exact) mass is 339 g/mol. The number of nitrogens with one attached hydrogen (secondary N) is 1. The molecule has 0 bridgehead atoms. The summed E-state index contributed by atoms with van der Waals surface area (Å²) in [5.41, 5.74) is 3.19. The highest BCUT2D eigenvalue weighted by molar-refractivity contribution is 7.85. The molecule has 1 aromatic rings. The number of hydrogen-bond donors (Lipinski definition) is 3. The van der Waals surface area contributed by atoms with E-state index in [2.05, 4.69) is 23.4 Å². The lowest BCUT2D eigenvalue weighted by Crippen LogP contribution is -2.26. The fourth-order valence-corrected chi connectivity index (χ4v) is 2.21. The van der Waals surface area contributed by atoms with Gasteiger partial charge in [-0.25, -0.2) is 0 Å². The zero-order chi connectivity index (χ0) is 17.5. The van der Waals surface area contributed by atoms with Crippen LogP contribution in [0.4, 0.5) is 0 Å². The second kappa shape index (κ2) is 8.44. The van der Waals surface area contributed by atoms with Gasteiger partial charge in [-0.3, -0.25) is 9.35 Å². The molecule has 1 atom stereocenters. The molecule has 8 heteroatoms. The molecule has 0 saturated carbocycles. The van der Waals surface area contributed by atoms with Crippen LogP contribution in [0.3, 0.4) is 0 Å². The van der Waals surface area contributed by atoms with Crippen molar-refractivity contribution in [3.63, 3.8) is 0 Å². The van der Waals surface area contributed by atoms with Crippen LogP contribution >= 0.6 is 0 Å². The Labute approximate surface area is 136 Å². The third-order valence-electron chi connectivity index (χ3n) is 3.28. The normalized spacial score (nSPS) is 17.3. The number of carbonyl (C=O) groups is 1. The molecule has 0 aliphatic heterocycles. The van der Waals surface area contributed by atoms with Gasteiger partial charge in [-0.05, 0) is 36.0 Å². The van der Waals surface area contributed by atoms with E-state index in [4.69, 9.17) is 10.4 Å². The SMILES string of the molecule is CC1CCc2ccccc2C=C1C(=O)NC=NN.CS(=O)(=O)O. The Morgan fingerprint density at radius 3 is 2.65 bits per heavy atom. The van der Waals surface area contributed by atoms with Gasteiger partial charge in [-0.15, -0.1) is 0 Å². The fourth-order valence-electron chi connectivity index (χ4n) is 2.21. The van der Waals surface area contributed by atoms with Gasteiger partial charge < -0.3 is 11.2 Å². The van der Waals surface area contributed by atoms with Gasteiger partial charge in [-0.2, -0.15) is 13.5 Å². The molecule has 0 heterocycles. The molecule has 0 radical (unpaired) electrons. The number of rotatable bonds is 2. The number of fused-ring (bicyclic) bond motifs is 1. The number of amides is 1. The number of nitrogens with zero attached hydrogens (tertiary/aromatic N) is 1. The number of nitrogens with two attached hydrogens (primary N) is 1. The van der Waals surface area contributed by atoms with Crippen molar-refractivity contribution in [2.24, 2.45) is 16.9 Å². The molecule has 1 aliphatic rings. The highest BCUT2D eigenvalue weighted by atomic mass is 32.2. The molecule has 7 nitrogen and oxygen atoms in total. The van der Waals surface area contributed by atoms with Gasteiger partial charge in [0.2, 0.25) is 0 Å². The molecular weight excluding hydrogens is 318 g/mol. The first kappa shape index (κ1) is 18.9. The van der Waals surface area contributed by atoms with Crippen molar-refractivity contribution >= 4 is 28.4 Å². The molecule has 126 valence electrons. The number of aryl methyl sites for hydroxylation is 1. The Hall–Kier alpha value is -2.19. The van der Waals surface area contributed by atoms with Crippen LogP contribution in [0.15, 0.2) is 34.9 Å². The molecule has 0 spiro atoms. The Kier molecular flexibility index (Phi) is 6.92. The van der Waals surface area contributed by atoms with E-state index in [1.165, 1.54) is 11.9 Å². The summed E-state index contributed by atoms with van der Waals surface area (Å²) in [5, 5.41) is 5.85. The topological polar surface area (TPSA) is 122 Å². The van der Waals surface area contributed by atoms with Crippen LogP contribution in [0, 0.1) is 5.92 Å². The van der Waals surface area contributed by atoms with Gasteiger partial charge in [0.05, 0.1) is 6.26 Å². The highest BCUT2D eigenvalue weighted by Gasteiger charge is 2.20. The van der Waals surface area contributed by atoms with Crippen molar-refractivity contribution in [1.29, 1.82) is 0 Å². The Morgan fingerprint density at radius 1 is 1.43 bits per heavy atom. The van der Waals surface area contributed by atoms with Crippen LogP contribution in [0.5, 0.6) is 0 Å². The van der Waals surface area contributed by atoms with Crippen LogP contribution in [0.2, 0.25) is 0 Å². The average Bonchev–Trinajstić information content (AvgIpc) is 2.63. The quantitative estimate of drug-likeness (QED) is 0.245. The average molecular weight is 339 g/mol. The Balaban J connectivity index is 0.000000463. The van der Waals surface area contributed by atoms with Gasteiger partial charge in [-0.1, -0.05) is 31.2 Å². The van der Waals surface area contributed by atoms with E-state index in [1.54, 1.807) is 0 Å². The van der Waals surface area contributed by atoms with E-state index < -0.39 is 10.1 Å². The van der Waals surface area contributed by atoms with Crippen molar-refractivity contribution in [2.75, 3.05) is 6.26 Å². The lowest BCUT2D eigenvalue weighted by molar-refractivity contribution is -0.116. The van der Waals surface area contributed by atoms with Crippen molar-refractivity contribution in [3.05, 3.63) is 41.0 Å². The number of carbonyl (C=O) groups excluding carboxylic acids is 1. The van der Waals surface area contributed by atoms with Crippen LogP contribution in [0.25, 0.3) is 6.08 Å². The third kappa shape index (κ3) is 7.07. The fraction of sp³-hybridized carbons (Fsp3) is 0.333. The van der Waals surface area contributed by atoms with Gasteiger partial charge in [0, 0.05) is 5.57 Å². The summed E-state index contributed by atoms with van der Waals surface area (Å²) < 4.78 is 25.9. The first-order chi connectivity index (χ1) is 10.7. The van der Waals surface area contributed by atoms with Crippen LogP contribution in [-0.2, 0) is 21.3 Å². The second-order valence-corrected chi connectivity index (χ2v) is 6.69. The summed E-state index contributed by atoms with van der Waals surface area (Å²) in [4.78, 5) is 12.0. The van der Waals surface area contributed by atoms with Crippen molar-refractivity contribution in [2.45, 2.75) is 19.8 Å². The molecule has 1 amide bonds. The molecular formula is C15H21N3O4S. The summed E-state index contributed by atoms with van der Waals surface area (Å²) in [6.45, 7) is 2.07. The maximum atomic E-state index is 12.0. The maximum Gasteiger partial charge on any atom is 0.261 e. The van der Waals surface area contributed by atoms with Crippen molar-refractivity contribution < 1.29 is 17.8 Å². The zero-order valence-corrected chi connectivity index (χ0v) is 13.9. The lowest BCUT2D eigenvalue weighted by Gasteiger charge is -2.11. The second-order valence-electron chi connectivity index (χ2n) is 5.22. The van der Waals surface area contributed by atoms with Crippen LogP contribution in [-0.4, -0.2) is 31.5 Å². The lowest BCUT2D eigenvalue weighted by atomic mass is 9.96. The Bertz CT molecular complexity index is 703. The van der Waals surface area contributed by atoms with E-state index in [9.17, 15) is 13.2 Å². The van der Waals surface area contributed by atoms with Crippen LogP contribution < -0.4 is 11.2 Å². The van der Waals surface area contributed by atoms with Gasteiger partial charge in [0.25, 0.3) is 16.0 Å². The molecule has 0 fully saturated rings. The zero-order valence-electron chi connectivity index (χ0n) is 13.1. The summed E-state index contributed by atoms with van der Waals surface area (Å²) in [6, 6.07) is 8.17. The predicted molar refractivity (Wildman–Crippen MR) is 90.2 cm³/mol. The van der Waals surface area contributed by atoms with Crippen LogP contribution in [0.1, 0.15) is 24.5 Å². The summed E-state index contributed by atoms with van der Waals surface area (Å²) in [5.74, 6) is 5.08. The molecule has 1 unspecified atom stereocenters. The van der Waals surface area contributed by atoms with E-state index >= 15 is 0 Å². The van der Waals surface area contributed by atoms with E-state index in [0.29, 0.717) is 6.26 Å². The van der Waals surface area contributed by atoms with Gasteiger partial charge in [0.15, 0.2) is 0 Å². The minimum absolute atomic E-state index is 0.131. The van der Waals surface area contributed by atoms with Crippen molar-refractivity contribution in [1.82, 2.24) is 5.32 Å². The molecule has 0 saturated heterocycles. The standard InChI is InChI=1S/C14H17N3O.CH4O3S/c1-10-6-7-11-4-2-3-5-12(11)8-13(10)14(18)16-9-17-15;1-5(2,3)4/h2-5,8-10H,6-7,15H2,1H3,(H,16,17,18);1H3,(H,2,3,4). The minimum Gasteiger partial charge on any atom is -0.322 e. The largest absolute Gasteiger partial charge is 0.322 e. The predicted octanol–water partition coefficient (Wildman–Crippen LogP) is 1.17.